The van der Waals surface area contributed by atoms with Crippen molar-refractivity contribution in [2.75, 3.05) is 13.1 Å². The summed E-state index contributed by atoms with van der Waals surface area (Å²) < 4.78 is 5.93. The quantitative estimate of drug-likeness (QED) is 0.766. The van der Waals surface area contributed by atoms with Crippen molar-refractivity contribution in [3.8, 4) is 11.5 Å². The highest BCUT2D eigenvalue weighted by atomic mass is 35.5. The molecule has 0 bridgehead atoms. The Kier molecular flexibility index (Phi) is 5.35. The number of halogens is 1. The summed E-state index contributed by atoms with van der Waals surface area (Å²) in [5.74, 6) is 0.702. The Bertz CT molecular complexity index is 885. The third kappa shape index (κ3) is 3.48. The van der Waals surface area contributed by atoms with E-state index in [1.54, 1.807) is 24.3 Å². The molecule has 0 spiro atoms. The highest BCUT2D eigenvalue weighted by Gasteiger charge is 2.33. The molecule has 4 nitrogen and oxygen atoms in total. The molecule has 1 aliphatic rings. The molecule has 0 saturated carbocycles. The SMILES string of the molecule is CCN(CC)Cc1c(O)cc(C)c2c1O/C(=C\c1cccc(Cl)c1)C2=O. The summed E-state index contributed by atoms with van der Waals surface area (Å²) in [4.78, 5) is 15.0. The van der Waals surface area contributed by atoms with Crippen LogP contribution < -0.4 is 4.74 Å². The minimum absolute atomic E-state index is 0.157. The molecule has 0 atom stereocenters. The average molecular weight is 372 g/mol. The van der Waals surface area contributed by atoms with Gasteiger partial charge in [-0.2, -0.15) is 0 Å². The largest absolute Gasteiger partial charge is 0.507 e. The molecule has 26 heavy (non-hydrogen) atoms. The van der Waals surface area contributed by atoms with E-state index in [0.29, 0.717) is 34.0 Å². The van der Waals surface area contributed by atoms with E-state index in [0.717, 1.165) is 18.7 Å². The lowest BCUT2D eigenvalue weighted by atomic mass is 9.99. The number of fused-ring (bicyclic) bond motifs is 1. The van der Waals surface area contributed by atoms with Gasteiger partial charge >= 0.3 is 0 Å². The number of Topliss-reactive ketones (excluding diaryl/α,β-unsaturated/α-hetero) is 1. The van der Waals surface area contributed by atoms with Crippen molar-refractivity contribution < 1.29 is 14.6 Å². The van der Waals surface area contributed by atoms with E-state index in [4.69, 9.17) is 16.3 Å². The molecule has 2 aromatic rings. The van der Waals surface area contributed by atoms with Gasteiger partial charge < -0.3 is 9.84 Å². The van der Waals surface area contributed by atoms with Gasteiger partial charge in [-0.1, -0.05) is 37.6 Å². The van der Waals surface area contributed by atoms with E-state index in [1.807, 2.05) is 19.1 Å². The van der Waals surface area contributed by atoms with Crippen LogP contribution in [-0.4, -0.2) is 28.9 Å². The molecule has 136 valence electrons. The van der Waals surface area contributed by atoms with Gasteiger partial charge in [-0.05, 0) is 55.4 Å². The van der Waals surface area contributed by atoms with E-state index < -0.39 is 0 Å². The Morgan fingerprint density at radius 1 is 1.23 bits per heavy atom. The van der Waals surface area contributed by atoms with E-state index in [9.17, 15) is 9.90 Å². The zero-order valence-corrected chi connectivity index (χ0v) is 15.9. The number of phenolic OH excluding ortho intramolecular Hbond substituents is 1. The molecule has 0 saturated heterocycles. The normalized spacial score (nSPS) is 14.8. The van der Waals surface area contributed by atoms with Crippen LogP contribution in [0.4, 0.5) is 0 Å². The summed E-state index contributed by atoms with van der Waals surface area (Å²) in [6, 6.07) is 8.88. The summed E-state index contributed by atoms with van der Waals surface area (Å²) in [6.07, 6.45) is 1.69. The molecule has 0 aliphatic carbocycles. The molecule has 2 aromatic carbocycles. The minimum Gasteiger partial charge on any atom is -0.507 e. The third-order valence-corrected chi connectivity index (χ3v) is 4.88. The molecule has 1 N–H and O–H groups in total. The van der Waals surface area contributed by atoms with Gasteiger partial charge in [0.2, 0.25) is 5.78 Å². The van der Waals surface area contributed by atoms with Crippen LogP contribution in [0.3, 0.4) is 0 Å². The fourth-order valence-electron chi connectivity index (χ4n) is 3.15. The number of rotatable bonds is 5. The summed E-state index contributed by atoms with van der Waals surface area (Å²) in [7, 11) is 0. The van der Waals surface area contributed by atoms with Crippen LogP contribution in [0, 0.1) is 6.92 Å². The predicted octanol–water partition coefficient (Wildman–Crippen LogP) is 4.81. The van der Waals surface area contributed by atoms with Crippen LogP contribution in [0.5, 0.6) is 11.5 Å². The molecule has 3 rings (SSSR count). The van der Waals surface area contributed by atoms with Gasteiger partial charge in [-0.25, -0.2) is 0 Å². The summed E-state index contributed by atoms with van der Waals surface area (Å²) >= 11 is 6.02. The summed E-state index contributed by atoms with van der Waals surface area (Å²) in [5, 5.41) is 11.0. The van der Waals surface area contributed by atoms with E-state index in [2.05, 4.69) is 18.7 Å². The second kappa shape index (κ2) is 7.52. The highest BCUT2D eigenvalue weighted by molar-refractivity contribution is 6.30. The van der Waals surface area contributed by atoms with E-state index in [-0.39, 0.29) is 17.3 Å². The first-order valence-electron chi connectivity index (χ1n) is 8.72. The molecular formula is C21H22ClNO3. The maximum Gasteiger partial charge on any atom is 0.232 e. The van der Waals surface area contributed by atoms with Crippen molar-refractivity contribution in [2.24, 2.45) is 0 Å². The van der Waals surface area contributed by atoms with Crippen molar-refractivity contribution in [3.63, 3.8) is 0 Å². The van der Waals surface area contributed by atoms with Crippen LogP contribution >= 0.6 is 11.6 Å². The topological polar surface area (TPSA) is 49.8 Å². The Morgan fingerprint density at radius 3 is 2.62 bits per heavy atom. The Morgan fingerprint density at radius 2 is 1.96 bits per heavy atom. The Hall–Kier alpha value is -2.30. The second-order valence-corrected chi connectivity index (χ2v) is 6.79. The molecule has 1 aliphatic heterocycles. The number of hydrogen-bond donors (Lipinski definition) is 1. The monoisotopic (exact) mass is 371 g/mol. The van der Waals surface area contributed by atoms with Gasteiger partial charge in [0.05, 0.1) is 11.1 Å². The highest BCUT2D eigenvalue weighted by Crippen LogP contribution is 2.42. The molecule has 0 unspecified atom stereocenters. The molecule has 0 fully saturated rings. The predicted molar refractivity (Wildman–Crippen MR) is 104 cm³/mol. The first-order chi connectivity index (χ1) is 12.4. The maximum atomic E-state index is 12.9. The van der Waals surface area contributed by atoms with Gasteiger partial charge in [0, 0.05) is 11.6 Å². The van der Waals surface area contributed by atoms with Gasteiger partial charge in [-0.15, -0.1) is 0 Å². The van der Waals surface area contributed by atoms with Crippen LogP contribution in [-0.2, 0) is 6.54 Å². The first kappa shape index (κ1) is 18.5. The maximum absolute atomic E-state index is 12.9. The zero-order chi connectivity index (χ0) is 18.8. The lowest BCUT2D eigenvalue weighted by molar-refractivity contribution is 0.101. The van der Waals surface area contributed by atoms with Crippen molar-refractivity contribution in [2.45, 2.75) is 27.3 Å². The molecule has 0 radical (unpaired) electrons. The van der Waals surface area contributed by atoms with Crippen LogP contribution in [0.2, 0.25) is 5.02 Å². The van der Waals surface area contributed by atoms with Crippen molar-refractivity contribution in [1.82, 2.24) is 4.90 Å². The number of hydrogen-bond acceptors (Lipinski definition) is 4. The van der Waals surface area contributed by atoms with E-state index >= 15 is 0 Å². The van der Waals surface area contributed by atoms with Gasteiger partial charge in [-0.3, -0.25) is 9.69 Å². The molecule has 5 heteroatoms. The van der Waals surface area contributed by atoms with Crippen molar-refractivity contribution >= 4 is 23.5 Å². The number of carbonyl (C=O) groups is 1. The standard InChI is InChI=1S/C21H22ClNO3/c1-4-23(5-2)12-16-17(24)9-13(3)19-20(25)18(26-21(16)19)11-14-7-6-8-15(22)10-14/h6-11,24H,4-5,12H2,1-3H3/b18-11-. The first-order valence-corrected chi connectivity index (χ1v) is 9.10. The van der Waals surface area contributed by atoms with Gasteiger partial charge in [0.25, 0.3) is 0 Å². The molecule has 1 heterocycles. The van der Waals surface area contributed by atoms with Gasteiger partial charge in [0.1, 0.15) is 11.5 Å². The lowest BCUT2D eigenvalue weighted by Gasteiger charge is -2.20. The molecular weight excluding hydrogens is 350 g/mol. The van der Waals surface area contributed by atoms with Gasteiger partial charge in [0.15, 0.2) is 5.76 Å². The number of ketones is 1. The smallest absolute Gasteiger partial charge is 0.232 e. The number of benzene rings is 2. The lowest BCUT2D eigenvalue weighted by Crippen LogP contribution is -2.22. The van der Waals surface area contributed by atoms with Crippen LogP contribution in [0.15, 0.2) is 36.1 Å². The number of carbonyl (C=O) groups excluding carboxylic acids is 1. The third-order valence-electron chi connectivity index (χ3n) is 4.64. The Balaban J connectivity index is 2.04. The van der Waals surface area contributed by atoms with Crippen molar-refractivity contribution in [3.05, 3.63) is 63.4 Å². The fraction of sp³-hybridized carbons (Fsp3) is 0.286. The fourth-order valence-corrected chi connectivity index (χ4v) is 3.35. The van der Waals surface area contributed by atoms with E-state index in [1.165, 1.54) is 0 Å². The number of aromatic hydroxyl groups is 1. The second-order valence-electron chi connectivity index (χ2n) is 6.35. The number of allylic oxidation sites excluding steroid dienone is 1. The number of nitrogens with zero attached hydrogens (tertiary/aromatic N) is 1. The van der Waals surface area contributed by atoms with Crippen molar-refractivity contribution in [1.29, 1.82) is 0 Å². The number of phenols is 1. The zero-order valence-electron chi connectivity index (χ0n) is 15.2. The average Bonchev–Trinajstić information content (AvgIpc) is 2.92. The molecule has 0 amide bonds. The Labute approximate surface area is 158 Å². The summed E-state index contributed by atoms with van der Waals surface area (Å²) in [6.45, 7) is 8.15. The van der Waals surface area contributed by atoms with Crippen LogP contribution in [0.1, 0.15) is 40.9 Å². The number of aryl methyl sites for hydroxylation is 1. The summed E-state index contributed by atoms with van der Waals surface area (Å²) in [5.41, 5.74) is 2.68. The van der Waals surface area contributed by atoms with Crippen LogP contribution in [0.25, 0.3) is 6.08 Å². The number of ether oxygens (including phenoxy) is 1. The molecule has 0 aromatic heterocycles. The minimum atomic E-state index is -0.168.